The van der Waals surface area contributed by atoms with Gasteiger partial charge in [-0.2, -0.15) is 0 Å². The van der Waals surface area contributed by atoms with Crippen LogP contribution in [0.5, 0.6) is 5.75 Å². The van der Waals surface area contributed by atoms with Crippen molar-refractivity contribution in [1.29, 1.82) is 0 Å². The highest BCUT2D eigenvalue weighted by molar-refractivity contribution is 7.95. The lowest BCUT2D eigenvalue weighted by Crippen LogP contribution is -3.00. The number of halogens is 1. The third kappa shape index (κ3) is 4.51. The van der Waals surface area contributed by atoms with Crippen molar-refractivity contribution >= 4 is 23.2 Å². The fraction of sp³-hybridized carbons (Fsp3) is 0.111. The summed E-state index contributed by atoms with van der Waals surface area (Å²) in [4.78, 5) is 0. The van der Waals surface area contributed by atoms with Crippen LogP contribution in [0.4, 0.5) is 0 Å². The molecular formula is C27H26BrOP. The van der Waals surface area contributed by atoms with Crippen LogP contribution in [0.1, 0.15) is 11.1 Å². The highest BCUT2D eigenvalue weighted by atomic mass is 79.9. The number of hydrogen-bond acceptors (Lipinski definition) is 1. The van der Waals surface area contributed by atoms with E-state index in [4.69, 9.17) is 4.74 Å². The van der Waals surface area contributed by atoms with Gasteiger partial charge in [-0.3, -0.25) is 0 Å². The van der Waals surface area contributed by atoms with E-state index >= 15 is 0 Å². The maximum atomic E-state index is 5.58. The molecule has 0 saturated carbocycles. The van der Waals surface area contributed by atoms with Crippen LogP contribution in [0.2, 0.25) is 0 Å². The van der Waals surface area contributed by atoms with Crippen molar-refractivity contribution in [3.63, 3.8) is 0 Å². The first-order chi connectivity index (χ1) is 14.2. The van der Waals surface area contributed by atoms with Gasteiger partial charge in [0.15, 0.2) is 0 Å². The molecule has 0 aliphatic rings. The third-order valence-electron chi connectivity index (χ3n) is 5.36. The van der Waals surface area contributed by atoms with E-state index in [-0.39, 0.29) is 17.0 Å². The van der Waals surface area contributed by atoms with E-state index in [1.807, 2.05) is 0 Å². The minimum atomic E-state index is -1.88. The molecule has 30 heavy (non-hydrogen) atoms. The Hall–Kier alpha value is -2.41. The molecule has 0 aliphatic heterocycles. The van der Waals surface area contributed by atoms with Gasteiger partial charge in [0, 0.05) is 0 Å². The van der Waals surface area contributed by atoms with Gasteiger partial charge in [-0.25, -0.2) is 0 Å². The first-order valence-corrected chi connectivity index (χ1v) is 11.9. The van der Waals surface area contributed by atoms with Crippen LogP contribution >= 0.6 is 7.26 Å². The summed E-state index contributed by atoms with van der Waals surface area (Å²) in [5.74, 6) is 0.923. The summed E-state index contributed by atoms with van der Waals surface area (Å²) in [5, 5.41) is 4.20. The van der Waals surface area contributed by atoms with Crippen LogP contribution in [-0.4, -0.2) is 7.11 Å². The molecule has 4 aromatic carbocycles. The van der Waals surface area contributed by atoms with Gasteiger partial charge in [0.25, 0.3) is 0 Å². The molecule has 0 heterocycles. The van der Waals surface area contributed by atoms with Crippen molar-refractivity contribution in [3.05, 3.63) is 120 Å². The van der Waals surface area contributed by atoms with Gasteiger partial charge in [0.2, 0.25) is 0 Å². The van der Waals surface area contributed by atoms with Crippen molar-refractivity contribution in [2.75, 3.05) is 7.11 Å². The molecule has 0 radical (unpaired) electrons. The predicted octanol–water partition coefficient (Wildman–Crippen LogP) is 2.50. The molecule has 0 aromatic heterocycles. The van der Waals surface area contributed by atoms with Gasteiger partial charge >= 0.3 is 0 Å². The van der Waals surface area contributed by atoms with Crippen LogP contribution in [-0.2, 0) is 6.16 Å². The smallest absolute Gasteiger partial charge is 0.119 e. The summed E-state index contributed by atoms with van der Waals surface area (Å²) in [5.41, 5.74) is 2.54. The van der Waals surface area contributed by atoms with Gasteiger partial charge in [-0.1, -0.05) is 60.7 Å². The Labute approximate surface area is 190 Å². The Bertz CT molecular complexity index is 969. The third-order valence-corrected chi connectivity index (χ3v) is 9.74. The Morgan fingerprint density at radius 1 is 0.633 bits per heavy atom. The lowest BCUT2D eigenvalue weighted by atomic mass is 10.1. The highest BCUT2D eigenvalue weighted by Crippen LogP contribution is 2.58. The summed E-state index contributed by atoms with van der Waals surface area (Å²) in [6.07, 6.45) is 0.961. The number of ether oxygens (including phenoxy) is 1. The Morgan fingerprint density at radius 3 is 1.47 bits per heavy atom. The number of hydrogen-bond donors (Lipinski definition) is 0. The second-order valence-corrected chi connectivity index (χ2v) is 10.8. The van der Waals surface area contributed by atoms with Crippen molar-refractivity contribution in [2.45, 2.75) is 13.1 Å². The number of aryl methyl sites for hydroxylation is 1. The van der Waals surface area contributed by atoms with Crippen molar-refractivity contribution < 1.29 is 21.7 Å². The van der Waals surface area contributed by atoms with Crippen LogP contribution in [0.15, 0.2) is 109 Å². The van der Waals surface area contributed by atoms with Gasteiger partial charge in [-0.15, -0.1) is 0 Å². The maximum absolute atomic E-state index is 5.58. The second kappa shape index (κ2) is 10.1. The summed E-state index contributed by atoms with van der Waals surface area (Å²) >= 11 is 0. The molecule has 0 amide bonds. The fourth-order valence-corrected chi connectivity index (χ4v) is 8.29. The minimum absolute atomic E-state index is 0. The predicted molar refractivity (Wildman–Crippen MR) is 127 cm³/mol. The van der Waals surface area contributed by atoms with Gasteiger partial charge < -0.3 is 21.7 Å². The van der Waals surface area contributed by atoms with Crippen LogP contribution in [0.25, 0.3) is 0 Å². The monoisotopic (exact) mass is 476 g/mol. The van der Waals surface area contributed by atoms with Gasteiger partial charge in [0.05, 0.1) is 13.3 Å². The fourth-order valence-electron chi connectivity index (χ4n) is 4.08. The number of benzene rings is 4. The minimum Gasteiger partial charge on any atom is -1.00 e. The zero-order chi connectivity index (χ0) is 20.1. The van der Waals surface area contributed by atoms with E-state index in [1.165, 1.54) is 27.0 Å². The van der Waals surface area contributed by atoms with Crippen LogP contribution < -0.4 is 37.6 Å². The normalized spacial score (nSPS) is 10.9. The molecule has 0 aliphatic carbocycles. The highest BCUT2D eigenvalue weighted by Gasteiger charge is 2.45. The van der Waals surface area contributed by atoms with Crippen molar-refractivity contribution in [1.82, 2.24) is 0 Å². The van der Waals surface area contributed by atoms with Crippen LogP contribution in [0, 0.1) is 6.92 Å². The first-order valence-electron chi connectivity index (χ1n) is 9.92. The van der Waals surface area contributed by atoms with Crippen LogP contribution in [0.3, 0.4) is 0 Å². The molecule has 0 atom stereocenters. The van der Waals surface area contributed by atoms with Gasteiger partial charge in [-0.05, 0) is 66.6 Å². The van der Waals surface area contributed by atoms with E-state index < -0.39 is 7.26 Å². The van der Waals surface area contributed by atoms with E-state index in [0.29, 0.717) is 0 Å². The largest absolute Gasteiger partial charge is 1.00 e. The van der Waals surface area contributed by atoms with Crippen molar-refractivity contribution in [3.8, 4) is 5.75 Å². The molecule has 0 bridgehead atoms. The summed E-state index contributed by atoms with van der Waals surface area (Å²) in [6, 6.07) is 39.6. The van der Waals surface area contributed by atoms with E-state index in [9.17, 15) is 0 Å². The zero-order valence-electron chi connectivity index (χ0n) is 17.3. The Morgan fingerprint density at radius 2 is 1.07 bits per heavy atom. The maximum Gasteiger partial charge on any atom is 0.119 e. The molecule has 152 valence electrons. The Kier molecular flexibility index (Phi) is 7.48. The molecule has 4 aromatic rings. The summed E-state index contributed by atoms with van der Waals surface area (Å²) < 4.78 is 5.58. The van der Waals surface area contributed by atoms with E-state index in [2.05, 4.69) is 116 Å². The van der Waals surface area contributed by atoms with Crippen molar-refractivity contribution in [2.24, 2.45) is 0 Å². The number of methoxy groups -OCH3 is 1. The molecule has 0 spiro atoms. The van der Waals surface area contributed by atoms with E-state index in [1.54, 1.807) is 7.11 Å². The first kappa shape index (κ1) is 22.3. The standard InChI is InChI=1S/C27H26OP.BrH/c1-22-18-23(20-24(19-22)28-2)21-29(25-12-6-3-7-13-25,26-14-8-4-9-15-26)27-16-10-5-11-17-27;/h3-20H,21H2,1-2H3;1H/q+1;/p-1. The number of rotatable bonds is 6. The molecule has 0 fully saturated rings. The zero-order valence-corrected chi connectivity index (χ0v) is 19.8. The topological polar surface area (TPSA) is 9.23 Å². The molecule has 0 unspecified atom stereocenters. The average molecular weight is 477 g/mol. The molecule has 4 rings (SSSR count). The lowest BCUT2D eigenvalue weighted by molar-refractivity contribution is -0.00000611. The molecular weight excluding hydrogens is 451 g/mol. The summed E-state index contributed by atoms with van der Waals surface area (Å²) in [7, 11) is -0.138. The average Bonchev–Trinajstić information content (AvgIpc) is 2.79. The second-order valence-electron chi connectivity index (χ2n) is 7.33. The quantitative estimate of drug-likeness (QED) is 0.388. The summed E-state index contributed by atoms with van der Waals surface area (Å²) in [6.45, 7) is 2.14. The molecule has 0 N–H and O–H groups in total. The molecule has 1 nitrogen and oxygen atoms in total. The van der Waals surface area contributed by atoms with Gasteiger partial charge in [0.1, 0.15) is 28.9 Å². The SMILES string of the molecule is COc1cc(C)cc(C[P+](c2ccccc2)(c2ccccc2)c2ccccc2)c1.[Br-]. The van der Waals surface area contributed by atoms with E-state index in [0.717, 1.165) is 11.9 Å². The lowest BCUT2D eigenvalue weighted by Gasteiger charge is -2.28. The molecule has 3 heteroatoms. The molecule has 0 saturated heterocycles. The Balaban J connectivity index is 0.00000256.